The van der Waals surface area contributed by atoms with Gasteiger partial charge in [0.15, 0.2) is 6.10 Å². The van der Waals surface area contributed by atoms with Crippen LogP contribution < -0.4 is 10.1 Å². The van der Waals surface area contributed by atoms with Crippen molar-refractivity contribution in [2.75, 3.05) is 0 Å². The molecule has 0 aliphatic heterocycles. The van der Waals surface area contributed by atoms with Gasteiger partial charge in [-0.3, -0.25) is 4.79 Å². The number of halogens is 2. The molecular weight excluding hydrogens is 312 g/mol. The third-order valence-corrected chi connectivity index (χ3v) is 3.69. The maximum absolute atomic E-state index is 13.1. The molecule has 0 bridgehead atoms. The van der Waals surface area contributed by atoms with Crippen LogP contribution in [-0.2, 0) is 4.79 Å². The lowest BCUT2D eigenvalue weighted by atomic mass is 9.96. The maximum Gasteiger partial charge on any atom is 0.261 e. The third kappa shape index (κ3) is 4.78. The molecule has 2 unspecified atom stereocenters. The molecule has 2 atom stereocenters. The van der Waals surface area contributed by atoms with Gasteiger partial charge in [-0.05, 0) is 54.8 Å². The van der Waals surface area contributed by atoms with E-state index in [1.54, 1.807) is 19.1 Å². The Labute approximate surface area is 140 Å². The smallest absolute Gasteiger partial charge is 0.261 e. The Kier molecular flexibility index (Phi) is 5.90. The average molecular weight is 333 g/mol. The van der Waals surface area contributed by atoms with Gasteiger partial charge in [-0.15, -0.1) is 0 Å². The second kappa shape index (κ2) is 7.90. The first-order valence-corrected chi connectivity index (χ1v) is 7.85. The summed E-state index contributed by atoms with van der Waals surface area (Å²) in [5, 5.41) is 2.92. The lowest BCUT2D eigenvalue weighted by molar-refractivity contribution is -0.128. The molecule has 2 rings (SSSR count). The summed E-state index contributed by atoms with van der Waals surface area (Å²) in [6, 6.07) is 11.3. The number of rotatable bonds is 6. The number of ether oxygens (including phenoxy) is 1. The number of hydrogen-bond donors (Lipinski definition) is 1. The SMILES string of the molecule is CC(Oc1ccc(F)cc1)C(=O)NC(c1ccc(F)cc1)C(C)C. The van der Waals surface area contributed by atoms with Gasteiger partial charge in [0.05, 0.1) is 6.04 Å². The fourth-order valence-corrected chi connectivity index (χ4v) is 2.35. The second-order valence-corrected chi connectivity index (χ2v) is 6.00. The normalized spacial score (nSPS) is 13.4. The van der Waals surface area contributed by atoms with Crippen molar-refractivity contribution in [3.05, 3.63) is 65.7 Å². The van der Waals surface area contributed by atoms with Gasteiger partial charge in [0.2, 0.25) is 0 Å². The van der Waals surface area contributed by atoms with E-state index in [2.05, 4.69) is 5.32 Å². The van der Waals surface area contributed by atoms with E-state index >= 15 is 0 Å². The first-order valence-electron chi connectivity index (χ1n) is 7.85. The Bertz CT molecular complexity index is 669. The summed E-state index contributed by atoms with van der Waals surface area (Å²) in [5.41, 5.74) is 0.828. The first kappa shape index (κ1) is 17.9. The molecule has 0 saturated carbocycles. The largest absolute Gasteiger partial charge is 0.481 e. The molecule has 0 fully saturated rings. The molecular formula is C19H21F2NO2. The maximum atomic E-state index is 13.1. The predicted octanol–water partition coefficient (Wildman–Crippen LogP) is 4.25. The zero-order valence-electron chi connectivity index (χ0n) is 13.9. The molecule has 1 amide bonds. The van der Waals surface area contributed by atoms with Gasteiger partial charge in [0.25, 0.3) is 5.91 Å². The van der Waals surface area contributed by atoms with E-state index in [0.717, 1.165) is 5.56 Å². The van der Waals surface area contributed by atoms with Crippen molar-refractivity contribution in [2.45, 2.75) is 32.9 Å². The standard InChI is InChI=1S/C19H21F2NO2/c1-12(2)18(14-4-6-15(20)7-5-14)22-19(23)13(3)24-17-10-8-16(21)9-11-17/h4-13,18H,1-3H3,(H,22,23). The van der Waals surface area contributed by atoms with Gasteiger partial charge >= 0.3 is 0 Å². The van der Waals surface area contributed by atoms with E-state index in [9.17, 15) is 13.6 Å². The highest BCUT2D eigenvalue weighted by Crippen LogP contribution is 2.22. The van der Waals surface area contributed by atoms with Gasteiger partial charge in [-0.2, -0.15) is 0 Å². The van der Waals surface area contributed by atoms with E-state index < -0.39 is 6.10 Å². The molecule has 0 radical (unpaired) electrons. The Balaban J connectivity index is 2.04. The second-order valence-electron chi connectivity index (χ2n) is 6.00. The Morgan fingerprint density at radius 2 is 1.42 bits per heavy atom. The first-order chi connectivity index (χ1) is 11.4. The molecule has 24 heavy (non-hydrogen) atoms. The zero-order chi connectivity index (χ0) is 17.7. The Morgan fingerprint density at radius 1 is 0.917 bits per heavy atom. The van der Waals surface area contributed by atoms with Crippen LogP contribution in [0.15, 0.2) is 48.5 Å². The molecule has 0 heterocycles. The number of carbonyl (C=O) groups excluding carboxylic acids is 1. The van der Waals surface area contributed by atoms with Crippen LogP contribution in [0, 0.1) is 17.6 Å². The molecule has 2 aromatic carbocycles. The van der Waals surface area contributed by atoms with Crippen molar-refractivity contribution in [3.63, 3.8) is 0 Å². The van der Waals surface area contributed by atoms with Crippen molar-refractivity contribution >= 4 is 5.91 Å². The van der Waals surface area contributed by atoms with Gasteiger partial charge in [-0.25, -0.2) is 8.78 Å². The van der Waals surface area contributed by atoms with Crippen molar-refractivity contribution in [1.29, 1.82) is 0 Å². The highest BCUT2D eigenvalue weighted by Gasteiger charge is 2.22. The minimum absolute atomic E-state index is 0.123. The summed E-state index contributed by atoms with van der Waals surface area (Å²) in [6.07, 6.45) is -0.739. The van der Waals surface area contributed by atoms with Gasteiger partial charge in [-0.1, -0.05) is 26.0 Å². The quantitative estimate of drug-likeness (QED) is 0.858. The molecule has 5 heteroatoms. The van der Waals surface area contributed by atoms with E-state index in [0.29, 0.717) is 5.75 Å². The van der Waals surface area contributed by atoms with Crippen LogP contribution in [0.1, 0.15) is 32.4 Å². The minimum atomic E-state index is -0.739. The van der Waals surface area contributed by atoms with Crippen molar-refractivity contribution < 1.29 is 18.3 Å². The third-order valence-electron chi connectivity index (χ3n) is 3.69. The van der Waals surface area contributed by atoms with Gasteiger partial charge in [0.1, 0.15) is 17.4 Å². The predicted molar refractivity (Wildman–Crippen MR) is 88.6 cm³/mol. The molecule has 128 valence electrons. The van der Waals surface area contributed by atoms with Crippen LogP contribution in [0.5, 0.6) is 5.75 Å². The summed E-state index contributed by atoms with van der Waals surface area (Å²) in [6.45, 7) is 5.57. The van der Waals surface area contributed by atoms with Crippen LogP contribution in [0.4, 0.5) is 8.78 Å². The zero-order valence-corrected chi connectivity index (χ0v) is 13.9. The molecule has 3 nitrogen and oxygen atoms in total. The molecule has 0 aromatic heterocycles. The van der Waals surface area contributed by atoms with Crippen molar-refractivity contribution in [1.82, 2.24) is 5.32 Å². The van der Waals surface area contributed by atoms with Gasteiger partial charge in [0, 0.05) is 0 Å². The molecule has 0 saturated heterocycles. The highest BCUT2D eigenvalue weighted by molar-refractivity contribution is 5.81. The van der Waals surface area contributed by atoms with Crippen LogP contribution >= 0.6 is 0 Å². The molecule has 1 N–H and O–H groups in total. The minimum Gasteiger partial charge on any atom is -0.481 e. The number of benzene rings is 2. The summed E-state index contributed by atoms with van der Waals surface area (Å²) in [7, 11) is 0. The Morgan fingerprint density at radius 3 is 1.92 bits per heavy atom. The molecule has 2 aromatic rings. The van der Waals surface area contributed by atoms with Gasteiger partial charge < -0.3 is 10.1 Å². The topological polar surface area (TPSA) is 38.3 Å². The average Bonchev–Trinajstić information content (AvgIpc) is 2.55. The summed E-state index contributed by atoms with van der Waals surface area (Å²) < 4.78 is 31.5. The monoisotopic (exact) mass is 333 g/mol. The lowest BCUT2D eigenvalue weighted by Crippen LogP contribution is -2.40. The van der Waals surface area contributed by atoms with E-state index in [1.165, 1.54) is 36.4 Å². The van der Waals surface area contributed by atoms with Crippen LogP contribution in [-0.4, -0.2) is 12.0 Å². The summed E-state index contributed by atoms with van der Waals surface area (Å²) in [5.74, 6) is -0.432. The van der Waals surface area contributed by atoms with Crippen LogP contribution in [0.25, 0.3) is 0 Å². The van der Waals surface area contributed by atoms with Crippen LogP contribution in [0.2, 0.25) is 0 Å². The van der Waals surface area contributed by atoms with E-state index in [-0.39, 0.29) is 29.5 Å². The summed E-state index contributed by atoms with van der Waals surface area (Å²) in [4.78, 5) is 12.4. The molecule has 0 aliphatic rings. The van der Waals surface area contributed by atoms with Crippen molar-refractivity contribution in [3.8, 4) is 5.75 Å². The molecule has 0 spiro atoms. The van der Waals surface area contributed by atoms with Crippen LogP contribution in [0.3, 0.4) is 0 Å². The highest BCUT2D eigenvalue weighted by atomic mass is 19.1. The molecule has 0 aliphatic carbocycles. The number of amides is 1. The van der Waals surface area contributed by atoms with Crippen molar-refractivity contribution in [2.24, 2.45) is 5.92 Å². The fourth-order valence-electron chi connectivity index (χ4n) is 2.35. The Hall–Kier alpha value is -2.43. The van der Waals surface area contributed by atoms with E-state index in [4.69, 9.17) is 4.74 Å². The summed E-state index contributed by atoms with van der Waals surface area (Å²) >= 11 is 0. The fraction of sp³-hybridized carbons (Fsp3) is 0.316. The number of hydrogen-bond acceptors (Lipinski definition) is 2. The van der Waals surface area contributed by atoms with E-state index in [1.807, 2.05) is 13.8 Å². The number of carbonyl (C=O) groups is 1. The lowest BCUT2D eigenvalue weighted by Gasteiger charge is -2.25. The number of nitrogens with one attached hydrogen (secondary N) is 1.